The maximum atomic E-state index is 13.4. The largest absolute Gasteiger partial charge is 0.481 e. The number of hydrogen-bond acceptors (Lipinski definition) is 8. The van der Waals surface area contributed by atoms with E-state index in [-0.39, 0.29) is 28.8 Å². The van der Waals surface area contributed by atoms with Crippen molar-refractivity contribution >= 4 is 57.7 Å². The number of fused-ring (bicyclic) bond motifs is 1. The quantitative estimate of drug-likeness (QED) is 0.494. The van der Waals surface area contributed by atoms with Gasteiger partial charge in [-0.1, -0.05) is 37.0 Å². The third-order valence-electron chi connectivity index (χ3n) is 5.57. The van der Waals surface area contributed by atoms with Gasteiger partial charge in [-0.3, -0.25) is 23.7 Å². The normalized spacial score (nSPS) is 18.8. The predicted octanol–water partition coefficient (Wildman–Crippen LogP) is 1.51. The number of carboxylic acid groups (broad SMARTS) is 1. The van der Waals surface area contributed by atoms with Crippen molar-refractivity contribution < 1.29 is 14.7 Å². The first-order chi connectivity index (χ1) is 15.4. The minimum Gasteiger partial charge on any atom is -0.481 e. The molecule has 0 saturated carbocycles. The van der Waals surface area contributed by atoms with Gasteiger partial charge >= 0.3 is 5.97 Å². The highest BCUT2D eigenvalue weighted by atomic mass is 32.2. The topological polar surface area (TPSA) is 98.5 Å². The van der Waals surface area contributed by atoms with Gasteiger partial charge in [0.2, 0.25) is 0 Å². The summed E-state index contributed by atoms with van der Waals surface area (Å²) in [6.45, 7) is 6.26. The van der Waals surface area contributed by atoms with Crippen molar-refractivity contribution in [3.63, 3.8) is 0 Å². The van der Waals surface area contributed by atoms with Crippen molar-refractivity contribution in [3.8, 4) is 0 Å². The van der Waals surface area contributed by atoms with Gasteiger partial charge in [0.15, 0.2) is 0 Å². The molecule has 0 spiro atoms. The van der Waals surface area contributed by atoms with Crippen molar-refractivity contribution in [1.29, 1.82) is 0 Å². The molecule has 0 radical (unpaired) electrons. The molecule has 32 heavy (non-hydrogen) atoms. The number of carbonyl (C=O) groups is 2. The number of amides is 1. The number of aromatic nitrogens is 2. The Hall–Kier alpha value is -2.76. The molecule has 1 amide bonds. The number of piperazine rings is 1. The zero-order chi connectivity index (χ0) is 22.8. The van der Waals surface area contributed by atoms with E-state index in [0.29, 0.717) is 21.9 Å². The smallest absolute Gasteiger partial charge is 0.305 e. The molecule has 2 aliphatic rings. The van der Waals surface area contributed by atoms with Crippen LogP contribution in [0.4, 0.5) is 5.82 Å². The van der Waals surface area contributed by atoms with Crippen LogP contribution in [0.25, 0.3) is 11.7 Å². The lowest BCUT2D eigenvalue weighted by Crippen LogP contribution is -2.47. The molecule has 2 aliphatic heterocycles. The van der Waals surface area contributed by atoms with Gasteiger partial charge < -0.3 is 14.9 Å². The number of carbonyl (C=O) groups excluding carboxylic acids is 1. The van der Waals surface area contributed by atoms with Crippen LogP contribution in [0.15, 0.2) is 34.1 Å². The van der Waals surface area contributed by atoms with Crippen molar-refractivity contribution in [2.75, 3.05) is 44.2 Å². The van der Waals surface area contributed by atoms with E-state index in [1.807, 2.05) is 6.07 Å². The molecule has 2 aromatic heterocycles. The van der Waals surface area contributed by atoms with Crippen LogP contribution in [0.3, 0.4) is 0 Å². The van der Waals surface area contributed by atoms with Gasteiger partial charge in [-0.15, -0.1) is 0 Å². The number of hydrogen-bond donors (Lipinski definition) is 1. The Morgan fingerprint density at radius 1 is 1.25 bits per heavy atom. The first-order valence-corrected chi connectivity index (χ1v) is 11.6. The fourth-order valence-corrected chi connectivity index (χ4v) is 5.06. The number of nitrogens with zero attached hydrogens (tertiary/aromatic N) is 5. The Kier molecular flexibility index (Phi) is 6.58. The van der Waals surface area contributed by atoms with E-state index in [0.717, 1.165) is 44.5 Å². The van der Waals surface area contributed by atoms with Crippen LogP contribution in [0.1, 0.15) is 18.9 Å². The highest BCUT2D eigenvalue weighted by molar-refractivity contribution is 8.26. The molecule has 4 heterocycles. The van der Waals surface area contributed by atoms with Gasteiger partial charge in [-0.05, 0) is 24.8 Å². The van der Waals surface area contributed by atoms with E-state index >= 15 is 0 Å². The zero-order valence-corrected chi connectivity index (χ0v) is 19.2. The second kappa shape index (κ2) is 9.39. The van der Waals surface area contributed by atoms with Crippen molar-refractivity contribution in [2.45, 2.75) is 13.3 Å². The summed E-state index contributed by atoms with van der Waals surface area (Å²) in [6.07, 6.45) is 3.00. The summed E-state index contributed by atoms with van der Waals surface area (Å²) in [5.74, 6) is -0.846. The molecule has 0 bridgehead atoms. The van der Waals surface area contributed by atoms with E-state index in [1.165, 1.54) is 9.30 Å². The van der Waals surface area contributed by atoms with Crippen molar-refractivity contribution in [2.24, 2.45) is 0 Å². The first-order valence-electron chi connectivity index (χ1n) is 10.3. The van der Waals surface area contributed by atoms with Gasteiger partial charge in [0.05, 0.1) is 16.9 Å². The van der Waals surface area contributed by atoms with E-state index in [1.54, 1.807) is 24.4 Å². The number of likely N-dealkylation sites (N-methyl/N-ethyl adjacent to an activating group) is 1. The van der Waals surface area contributed by atoms with E-state index in [2.05, 4.69) is 16.7 Å². The molecular weight excluding hydrogens is 450 g/mol. The maximum absolute atomic E-state index is 13.4. The second-order valence-corrected chi connectivity index (χ2v) is 9.16. The number of thiocarbonyl (C=S) groups is 1. The van der Waals surface area contributed by atoms with Crippen LogP contribution in [0.2, 0.25) is 0 Å². The van der Waals surface area contributed by atoms with E-state index in [4.69, 9.17) is 22.3 Å². The summed E-state index contributed by atoms with van der Waals surface area (Å²) >= 11 is 6.35. The molecule has 0 atom stereocenters. The third kappa shape index (κ3) is 4.41. The fraction of sp³-hybridized carbons (Fsp3) is 0.381. The molecule has 2 fully saturated rings. The van der Waals surface area contributed by atoms with Crippen molar-refractivity contribution in [3.05, 3.63) is 45.2 Å². The Morgan fingerprint density at radius 2 is 2.00 bits per heavy atom. The standard InChI is InChI=1S/C21H23N5O4S2/c1-2-23-9-11-24(12-10-23)18-14(19(29)25-7-4-3-5-16(25)22-18)13-15-20(30)26(21(31)32-15)8-6-17(27)28/h3-5,7,13H,2,6,8-12H2,1H3,(H,27,28)/b15-13-. The van der Waals surface area contributed by atoms with E-state index < -0.39 is 5.97 Å². The highest BCUT2D eigenvalue weighted by Gasteiger charge is 2.33. The molecule has 4 rings (SSSR count). The average Bonchev–Trinajstić information content (AvgIpc) is 3.06. The Balaban J connectivity index is 1.75. The predicted molar refractivity (Wildman–Crippen MR) is 128 cm³/mol. The highest BCUT2D eigenvalue weighted by Crippen LogP contribution is 2.33. The van der Waals surface area contributed by atoms with Gasteiger partial charge in [0.1, 0.15) is 15.8 Å². The lowest BCUT2D eigenvalue weighted by Gasteiger charge is -2.35. The molecule has 0 aliphatic carbocycles. The summed E-state index contributed by atoms with van der Waals surface area (Å²) in [5, 5.41) is 8.94. The van der Waals surface area contributed by atoms with Crippen LogP contribution in [-0.2, 0) is 9.59 Å². The van der Waals surface area contributed by atoms with Crippen LogP contribution in [0, 0.1) is 0 Å². The van der Waals surface area contributed by atoms with Gasteiger partial charge in [-0.2, -0.15) is 0 Å². The lowest BCUT2D eigenvalue weighted by molar-refractivity contribution is -0.137. The minimum atomic E-state index is -1.01. The zero-order valence-electron chi connectivity index (χ0n) is 17.6. The SMILES string of the molecule is CCN1CCN(c2nc3ccccn3c(=O)c2/C=C2\SC(=S)N(CCC(=O)O)C2=O)CC1. The molecule has 9 nitrogen and oxygen atoms in total. The van der Waals surface area contributed by atoms with Gasteiger partial charge in [0, 0.05) is 38.9 Å². The molecule has 2 aromatic rings. The summed E-state index contributed by atoms with van der Waals surface area (Å²) in [6, 6.07) is 5.36. The Bertz CT molecular complexity index is 1170. The summed E-state index contributed by atoms with van der Waals surface area (Å²) in [5.41, 5.74) is 0.605. The maximum Gasteiger partial charge on any atom is 0.305 e. The molecular formula is C21H23N5O4S2. The monoisotopic (exact) mass is 473 g/mol. The van der Waals surface area contributed by atoms with Crippen LogP contribution in [-0.4, -0.2) is 79.8 Å². The Morgan fingerprint density at radius 3 is 2.69 bits per heavy atom. The average molecular weight is 474 g/mol. The molecule has 168 valence electrons. The van der Waals surface area contributed by atoms with Crippen LogP contribution < -0.4 is 10.5 Å². The molecule has 2 saturated heterocycles. The molecule has 0 unspecified atom stereocenters. The summed E-state index contributed by atoms with van der Waals surface area (Å²) < 4.78 is 1.75. The first kappa shape index (κ1) is 22.4. The van der Waals surface area contributed by atoms with E-state index in [9.17, 15) is 14.4 Å². The Labute approximate surface area is 194 Å². The lowest BCUT2D eigenvalue weighted by atomic mass is 10.2. The third-order valence-corrected chi connectivity index (χ3v) is 6.94. The van der Waals surface area contributed by atoms with Gasteiger partial charge in [0.25, 0.3) is 11.5 Å². The molecule has 11 heteroatoms. The van der Waals surface area contributed by atoms with Crippen LogP contribution >= 0.6 is 24.0 Å². The number of aliphatic carboxylic acids is 1. The van der Waals surface area contributed by atoms with Gasteiger partial charge in [-0.25, -0.2) is 4.98 Å². The molecule has 1 N–H and O–H groups in total. The summed E-state index contributed by atoms with van der Waals surface area (Å²) in [4.78, 5) is 47.9. The second-order valence-electron chi connectivity index (χ2n) is 7.48. The van der Waals surface area contributed by atoms with Crippen LogP contribution in [0.5, 0.6) is 0 Å². The number of anilines is 1. The number of thioether (sulfide) groups is 1. The number of carboxylic acids is 1. The summed E-state index contributed by atoms with van der Waals surface area (Å²) in [7, 11) is 0. The minimum absolute atomic E-state index is 0.00186. The molecule has 0 aromatic carbocycles. The number of rotatable bonds is 6. The fourth-order valence-electron chi connectivity index (χ4n) is 3.77. The number of pyridine rings is 1. The van der Waals surface area contributed by atoms with Crippen molar-refractivity contribution in [1.82, 2.24) is 19.2 Å².